The molecule has 0 aromatic carbocycles. The zero-order valence-electron chi connectivity index (χ0n) is 7.43. The Balaban J connectivity index is 0.000000424. The lowest BCUT2D eigenvalue weighted by atomic mass is 10.6. The van der Waals surface area contributed by atoms with Crippen LogP contribution in [-0.2, 0) is 0 Å². The molecule has 0 amide bonds. The Morgan fingerprint density at radius 1 is 1.54 bits per heavy atom. The number of hydrogen-bond donors (Lipinski definition) is 1. The SMILES string of the molecule is C=CCN1C=CN(C=C)C1.N#CS. The van der Waals surface area contributed by atoms with Gasteiger partial charge in [0.2, 0.25) is 0 Å². The molecule has 13 heavy (non-hydrogen) atoms. The van der Waals surface area contributed by atoms with Gasteiger partial charge in [0.05, 0.1) is 6.67 Å². The molecule has 70 valence electrons. The molecular formula is C9H13N3S. The van der Waals surface area contributed by atoms with Crippen LogP contribution in [0.4, 0.5) is 0 Å². The van der Waals surface area contributed by atoms with E-state index in [1.165, 1.54) is 5.40 Å². The monoisotopic (exact) mass is 195 g/mol. The van der Waals surface area contributed by atoms with Gasteiger partial charge in [-0.2, -0.15) is 5.26 Å². The molecule has 0 atom stereocenters. The molecule has 4 heteroatoms. The van der Waals surface area contributed by atoms with Gasteiger partial charge in [0, 0.05) is 18.9 Å². The zero-order chi connectivity index (χ0) is 10.1. The van der Waals surface area contributed by atoms with Crippen LogP contribution in [0, 0.1) is 10.7 Å². The van der Waals surface area contributed by atoms with Crippen molar-refractivity contribution in [3.05, 3.63) is 37.8 Å². The minimum Gasteiger partial charge on any atom is -0.355 e. The van der Waals surface area contributed by atoms with Crippen molar-refractivity contribution in [3.63, 3.8) is 0 Å². The van der Waals surface area contributed by atoms with E-state index in [4.69, 9.17) is 5.26 Å². The van der Waals surface area contributed by atoms with Gasteiger partial charge in [-0.15, -0.1) is 6.58 Å². The van der Waals surface area contributed by atoms with E-state index in [1.54, 1.807) is 6.20 Å². The van der Waals surface area contributed by atoms with Crippen LogP contribution in [0.1, 0.15) is 0 Å². The molecule has 1 aliphatic rings. The van der Waals surface area contributed by atoms with E-state index in [1.807, 2.05) is 23.4 Å². The minimum atomic E-state index is 0.898. The van der Waals surface area contributed by atoms with E-state index in [-0.39, 0.29) is 0 Å². The number of thiol groups is 1. The normalized spacial score (nSPS) is 12.9. The van der Waals surface area contributed by atoms with E-state index in [0.717, 1.165) is 13.2 Å². The third-order valence-corrected chi connectivity index (χ3v) is 1.41. The summed E-state index contributed by atoms with van der Waals surface area (Å²) in [5.41, 5.74) is 0. The van der Waals surface area contributed by atoms with Crippen molar-refractivity contribution < 1.29 is 0 Å². The molecule has 1 heterocycles. The van der Waals surface area contributed by atoms with Crippen LogP contribution < -0.4 is 0 Å². The molecular weight excluding hydrogens is 182 g/mol. The van der Waals surface area contributed by atoms with Crippen molar-refractivity contribution in [1.29, 1.82) is 5.26 Å². The molecule has 0 aliphatic carbocycles. The van der Waals surface area contributed by atoms with Crippen molar-refractivity contribution >= 4 is 12.6 Å². The van der Waals surface area contributed by atoms with Gasteiger partial charge in [-0.05, 0) is 6.20 Å². The highest BCUT2D eigenvalue weighted by Crippen LogP contribution is 2.04. The maximum Gasteiger partial charge on any atom is 0.130 e. The van der Waals surface area contributed by atoms with E-state index < -0.39 is 0 Å². The molecule has 3 nitrogen and oxygen atoms in total. The molecule has 0 spiro atoms. The van der Waals surface area contributed by atoms with Crippen molar-refractivity contribution in [1.82, 2.24) is 9.80 Å². The number of nitriles is 1. The largest absolute Gasteiger partial charge is 0.355 e. The van der Waals surface area contributed by atoms with Crippen molar-refractivity contribution in [3.8, 4) is 5.40 Å². The number of rotatable bonds is 3. The predicted molar refractivity (Wildman–Crippen MR) is 57.5 cm³/mol. The van der Waals surface area contributed by atoms with Gasteiger partial charge < -0.3 is 9.80 Å². The Hall–Kier alpha value is -1.34. The van der Waals surface area contributed by atoms with Crippen LogP contribution in [-0.4, -0.2) is 23.0 Å². The first-order valence-corrected chi connectivity index (χ1v) is 4.18. The van der Waals surface area contributed by atoms with Crippen molar-refractivity contribution in [2.45, 2.75) is 0 Å². The molecule has 0 saturated carbocycles. The quantitative estimate of drug-likeness (QED) is 0.423. The van der Waals surface area contributed by atoms with Crippen LogP contribution in [0.25, 0.3) is 0 Å². The third-order valence-electron chi connectivity index (χ3n) is 1.41. The Morgan fingerprint density at radius 2 is 2.15 bits per heavy atom. The molecule has 0 unspecified atom stereocenters. The first kappa shape index (κ1) is 11.7. The molecule has 0 radical (unpaired) electrons. The molecule has 1 aliphatic heterocycles. The van der Waals surface area contributed by atoms with Gasteiger partial charge >= 0.3 is 0 Å². The first-order valence-electron chi connectivity index (χ1n) is 3.73. The highest BCUT2D eigenvalue weighted by molar-refractivity contribution is 7.85. The smallest absolute Gasteiger partial charge is 0.130 e. The van der Waals surface area contributed by atoms with E-state index in [0.29, 0.717) is 0 Å². The Bertz CT molecular complexity index is 230. The molecule has 0 aromatic rings. The fraction of sp³-hybridized carbons (Fsp3) is 0.222. The van der Waals surface area contributed by atoms with Crippen LogP contribution in [0.2, 0.25) is 0 Å². The summed E-state index contributed by atoms with van der Waals surface area (Å²) in [5.74, 6) is 0. The summed E-state index contributed by atoms with van der Waals surface area (Å²) >= 11 is 3.09. The molecule has 0 aromatic heterocycles. The second-order valence-corrected chi connectivity index (χ2v) is 2.50. The van der Waals surface area contributed by atoms with Gasteiger partial charge in [-0.25, -0.2) is 0 Å². The van der Waals surface area contributed by atoms with Gasteiger partial charge in [0.1, 0.15) is 5.40 Å². The summed E-state index contributed by atoms with van der Waals surface area (Å²) < 4.78 is 0. The lowest BCUT2D eigenvalue weighted by Crippen LogP contribution is -2.21. The topological polar surface area (TPSA) is 30.3 Å². The summed E-state index contributed by atoms with van der Waals surface area (Å²) in [5, 5.41) is 8.63. The number of hydrogen-bond acceptors (Lipinski definition) is 4. The minimum absolute atomic E-state index is 0.898. The van der Waals surface area contributed by atoms with Crippen molar-refractivity contribution in [2.24, 2.45) is 0 Å². The lowest BCUT2D eigenvalue weighted by molar-refractivity contribution is 0.340. The van der Waals surface area contributed by atoms with E-state index >= 15 is 0 Å². The van der Waals surface area contributed by atoms with Gasteiger partial charge in [-0.3, -0.25) is 0 Å². The lowest BCUT2D eigenvalue weighted by Gasteiger charge is -2.15. The van der Waals surface area contributed by atoms with Crippen LogP contribution >= 0.6 is 12.6 Å². The van der Waals surface area contributed by atoms with Crippen LogP contribution in [0.5, 0.6) is 0 Å². The van der Waals surface area contributed by atoms with Crippen molar-refractivity contribution in [2.75, 3.05) is 13.2 Å². The Kier molecular flexibility index (Phi) is 6.56. The molecule has 0 saturated heterocycles. The highest BCUT2D eigenvalue weighted by Gasteiger charge is 2.05. The maximum atomic E-state index is 7.18. The molecule has 0 N–H and O–H groups in total. The average Bonchev–Trinajstić information content (AvgIpc) is 2.54. The summed E-state index contributed by atoms with van der Waals surface area (Å²) in [6.45, 7) is 9.12. The standard InChI is InChI=1S/C8H12N2.CHNS/c1-3-5-10-7-6-9(4-2)8-10;2-1-3/h3-4,6-7H,1-2,5,8H2;3H. The Labute approximate surface area is 84.7 Å². The second-order valence-electron chi connectivity index (χ2n) is 2.30. The summed E-state index contributed by atoms with van der Waals surface area (Å²) in [4.78, 5) is 4.16. The van der Waals surface area contributed by atoms with E-state index in [9.17, 15) is 0 Å². The number of thiocyanates is 1. The molecule has 0 fully saturated rings. The first-order chi connectivity index (χ1) is 6.28. The zero-order valence-corrected chi connectivity index (χ0v) is 8.32. The summed E-state index contributed by atoms with van der Waals surface area (Å²) in [6.07, 6.45) is 7.72. The fourth-order valence-corrected chi connectivity index (χ4v) is 0.887. The van der Waals surface area contributed by atoms with Gasteiger partial charge in [-0.1, -0.05) is 25.3 Å². The highest BCUT2D eigenvalue weighted by atomic mass is 32.1. The van der Waals surface area contributed by atoms with Gasteiger partial charge in [0.15, 0.2) is 0 Å². The molecule has 0 bridgehead atoms. The summed E-state index contributed by atoms with van der Waals surface area (Å²) in [6, 6.07) is 0. The van der Waals surface area contributed by atoms with Crippen LogP contribution in [0.15, 0.2) is 37.8 Å². The van der Waals surface area contributed by atoms with Gasteiger partial charge in [0.25, 0.3) is 0 Å². The average molecular weight is 195 g/mol. The second kappa shape index (κ2) is 7.32. The molecule has 1 rings (SSSR count). The Morgan fingerprint density at radius 3 is 2.54 bits per heavy atom. The maximum absolute atomic E-state index is 7.18. The van der Waals surface area contributed by atoms with E-state index in [2.05, 4.69) is 30.7 Å². The number of nitrogens with zero attached hydrogens (tertiary/aromatic N) is 3. The third kappa shape index (κ3) is 4.99. The summed E-state index contributed by atoms with van der Waals surface area (Å²) in [7, 11) is 0. The predicted octanol–water partition coefficient (Wildman–Crippen LogP) is 1.76. The van der Waals surface area contributed by atoms with Crippen LogP contribution in [0.3, 0.4) is 0 Å². The fourth-order valence-electron chi connectivity index (χ4n) is 0.887.